The molecule has 7 heteroatoms. The molecule has 0 aliphatic carbocycles. The summed E-state index contributed by atoms with van der Waals surface area (Å²) in [6.45, 7) is 4.77. The molecule has 1 atom stereocenters. The molecule has 1 aromatic carbocycles. The van der Waals surface area contributed by atoms with Gasteiger partial charge < -0.3 is 20.7 Å². The van der Waals surface area contributed by atoms with Crippen LogP contribution < -0.4 is 16.0 Å². The molecule has 1 fully saturated rings. The molecule has 3 N–H and O–H groups in total. The SMILES string of the molecule is CN=C(NCCNC(=O)c1ccc(Br)cc1)NCC1(C)CCCO1. The third kappa shape index (κ3) is 5.79. The van der Waals surface area contributed by atoms with Crippen LogP contribution in [0.25, 0.3) is 0 Å². The zero-order valence-electron chi connectivity index (χ0n) is 14.2. The summed E-state index contributed by atoms with van der Waals surface area (Å²) in [5, 5.41) is 9.34. The third-order valence-electron chi connectivity index (χ3n) is 3.96. The number of carbonyl (C=O) groups excluding carboxylic acids is 1. The maximum absolute atomic E-state index is 12.0. The predicted octanol–water partition coefficient (Wildman–Crippen LogP) is 1.91. The summed E-state index contributed by atoms with van der Waals surface area (Å²) in [5.74, 6) is 0.628. The first kappa shape index (κ1) is 18.7. The molecular formula is C17H25BrN4O2. The van der Waals surface area contributed by atoms with Crippen molar-refractivity contribution in [1.82, 2.24) is 16.0 Å². The van der Waals surface area contributed by atoms with Crippen LogP contribution in [0.15, 0.2) is 33.7 Å². The van der Waals surface area contributed by atoms with E-state index >= 15 is 0 Å². The van der Waals surface area contributed by atoms with Gasteiger partial charge in [-0.15, -0.1) is 0 Å². The van der Waals surface area contributed by atoms with Crippen LogP contribution in [0.2, 0.25) is 0 Å². The highest BCUT2D eigenvalue weighted by Gasteiger charge is 2.29. The van der Waals surface area contributed by atoms with Crippen molar-refractivity contribution in [3.8, 4) is 0 Å². The molecule has 0 bridgehead atoms. The molecule has 1 aromatic rings. The summed E-state index contributed by atoms with van der Waals surface area (Å²) in [6.07, 6.45) is 2.16. The topological polar surface area (TPSA) is 74.8 Å². The minimum Gasteiger partial charge on any atom is -0.373 e. The first-order valence-corrected chi connectivity index (χ1v) is 8.94. The van der Waals surface area contributed by atoms with Gasteiger partial charge in [0, 0.05) is 43.3 Å². The van der Waals surface area contributed by atoms with E-state index in [0.717, 1.165) is 30.5 Å². The number of guanidine groups is 1. The van der Waals surface area contributed by atoms with E-state index in [0.29, 0.717) is 24.6 Å². The number of nitrogens with one attached hydrogen (secondary N) is 3. The van der Waals surface area contributed by atoms with Gasteiger partial charge in [0.15, 0.2) is 5.96 Å². The smallest absolute Gasteiger partial charge is 0.251 e. The minimum absolute atomic E-state index is 0.0842. The van der Waals surface area contributed by atoms with Crippen LogP contribution in [-0.2, 0) is 4.74 Å². The first-order valence-electron chi connectivity index (χ1n) is 8.15. The lowest BCUT2D eigenvalue weighted by atomic mass is 10.0. The van der Waals surface area contributed by atoms with Crippen LogP contribution in [0.4, 0.5) is 0 Å². The number of halogens is 1. The van der Waals surface area contributed by atoms with Gasteiger partial charge in [0.25, 0.3) is 5.91 Å². The molecule has 132 valence electrons. The molecule has 1 heterocycles. The fourth-order valence-electron chi connectivity index (χ4n) is 2.53. The monoisotopic (exact) mass is 396 g/mol. The van der Waals surface area contributed by atoms with Crippen LogP contribution in [0.1, 0.15) is 30.1 Å². The Hall–Kier alpha value is -1.60. The molecule has 0 aromatic heterocycles. The van der Waals surface area contributed by atoms with Gasteiger partial charge in [0.1, 0.15) is 0 Å². The zero-order chi connectivity index (χ0) is 17.4. The summed E-state index contributed by atoms with van der Waals surface area (Å²) in [7, 11) is 1.73. The largest absolute Gasteiger partial charge is 0.373 e. The van der Waals surface area contributed by atoms with Gasteiger partial charge in [0.2, 0.25) is 0 Å². The third-order valence-corrected chi connectivity index (χ3v) is 4.49. The molecule has 0 spiro atoms. The fraction of sp³-hybridized carbons (Fsp3) is 0.529. The van der Waals surface area contributed by atoms with Crippen molar-refractivity contribution in [3.05, 3.63) is 34.3 Å². The molecule has 1 amide bonds. The van der Waals surface area contributed by atoms with Gasteiger partial charge >= 0.3 is 0 Å². The van der Waals surface area contributed by atoms with Crippen LogP contribution in [0.5, 0.6) is 0 Å². The average molecular weight is 397 g/mol. The van der Waals surface area contributed by atoms with E-state index in [2.05, 4.69) is 43.8 Å². The molecule has 1 aliphatic heterocycles. The quantitative estimate of drug-likeness (QED) is 0.390. The second-order valence-electron chi connectivity index (χ2n) is 6.02. The second kappa shape index (κ2) is 9.03. The first-order chi connectivity index (χ1) is 11.5. The Labute approximate surface area is 151 Å². The van der Waals surface area contributed by atoms with Crippen molar-refractivity contribution in [2.24, 2.45) is 4.99 Å². The number of ether oxygens (including phenoxy) is 1. The van der Waals surface area contributed by atoms with Crippen LogP contribution >= 0.6 is 15.9 Å². The lowest BCUT2D eigenvalue weighted by Gasteiger charge is -2.24. The minimum atomic E-state index is -0.118. The molecular weight excluding hydrogens is 372 g/mol. The van der Waals surface area contributed by atoms with Crippen molar-refractivity contribution in [1.29, 1.82) is 0 Å². The van der Waals surface area contributed by atoms with Crippen LogP contribution in [0.3, 0.4) is 0 Å². The highest BCUT2D eigenvalue weighted by Crippen LogP contribution is 2.23. The molecule has 0 radical (unpaired) electrons. The van der Waals surface area contributed by atoms with Gasteiger partial charge in [-0.1, -0.05) is 15.9 Å². The normalized spacial score (nSPS) is 20.7. The van der Waals surface area contributed by atoms with E-state index in [9.17, 15) is 4.79 Å². The molecule has 24 heavy (non-hydrogen) atoms. The van der Waals surface area contributed by atoms with E-state index in [-0.39, 0.29) is 11.5 Å². The van der Waals surface area contributed by atoms with E-state index in [1.165, 1.54) is 0 Å². The lowest BCUT2D eigenvalue weighted by Crippen LogP contribution is -2.47. The number of aliphatic imine (C=N–C) groups is 1. The Morgan fingerprint density at radius 2 is 1.96 bits per heavy atom. The number of hydrogen-bond donors (Lipinski definition) is 3. The van der Waals surface area contributed by atoms with Gasteiger partial charge in [0.05, 0.1) is 5.60 Å². The van der Waals surface area contributed by atoms with Crippen molar-refractivity contribution < 1.29 is 9.53 Å². The Morgan fingerprint density at radius 1 is 1.25 bits per heavy atom. The number of nitrogens with zero attached hydrogens (tertiary/aromatic N) is 1. The Bertz CT molecular complexity index is 568. The number of benzene rings is 1. The van der Waals surface area contributed by atoms with E-state index in [4.69, 9.17) is 4.74 Å². The Kier molecular flexibility index (Phi) is 7.05. The summed E-state index contributed by atoms with van der Waals surface area (Å²) in [6, 6.07) is 7.28. The number of hydrogen-bond acceptors (Lipinski definition) is 3. The van der Waals surface area contributed by atoms with Gasteiger partial charge in [-0.25, -0.2) is 0 Å². The van der Waals surface area contributed by atoms with Crippen LogP contribution in [0, 0.1) is 0 Å². The van der Waals surface area contributed by atoms with Crippen molar-refractivity contribution in [2.75, 3.05) is 33.3 Å². The van der Waals surface area contributed by atoms with Gasteiger partial charge in [-0.2, -0.15) is 0 Å². The second-order valence-corrected chi connectivity index (χ2v) is 6.93. The van der Waals surface area contributed by atoms with Gasteiger partial charge in [-0.05, 0) is 44.0 Å². The van der Waals surface area contributed by atoms with Crippen LogP contribution in [-0.4, -0.2) is 50.8 Å². The van der Waals surface area contributed by atoms with Gasteiger partial charge in [-0.3, -0.25) is 9.79 Å². The average Bonchev–Trinajstić information content (AvgIpc) is 3.01. The molecule has 1 unspecified atom stereocenters. The number of carbonyl (C=O) groups is 1. The number of rotatable bonds is 6. The molecule has 1 saturated heterocycles. The molecule has 2 rings (SSSR count). The van der Waals surface area contributed by atoms with E-state index in [1.54, 1.807) is 19.2 Å². The summed E-state index contributed by atoms with van der Waals surface area (Å²) >= 11 is 3.35. The molecule has 0 saturated carbocycles. The zero-order valence-corrected chi connectivity index (χ0v) is 15.8. The maximum Gasteiger partial charge on any atom is 0.251 e. The standard InChI is InChI=1S/C17H25BrN4O2/c1-17(8-3-11-24-17)12-22-16(19-2)21-10-9-20-15(23)13-4-6-14(18)7-5-13/h4-7H,3,8-12H2,1-2H3,(H,20,23)(H2,19,21,22). The van der Waals surface area contributed by atoms with E-state index in [1.807, 2.05) is 12.1 Å². The van der Waals surface area contributed by atoms with Crippen molar-refractivity contribution >= 4 is 27.8 Å². The highest BCUT2D eigenvalue weighted by molar-refractivity contribution is 9.10. The Balaban J connectivity index is 1.66. The molecule has 6 nitrogen and oxygen atoms in total. The summed E-state index contributed by atoms with van der Waals surface area (Å²) in [4.78, 5) is 16.2. The van der Waals surface area contributed by atoms with E-state index < -0.39 is 0 Å². The fourth-order valence-corrected chi connectivity index (χ4v) is 2.79. The molecule has 1 aliphatic rings. The lowest BCUT2D eigenvalue weighted by molar-refractivity contribution is 0.0243. The highest BCUT2D eigenvalue weighted by atomic mass is 79.9. The van der Waals surface area contributed by atoms with Crippen molar-refractivity contribution in [2.45, 2.75) is 25.4 Å². The summed E-state index contributed by atoms with van der Waals surface area (Å²) in [5.41, 5.74) is 0.528. The summed E-state index contributed by atoms with van der Waals surface area (Å²) < 4.78 is 6.70. The number of amides is 1. The maximum atomic E-state index is 12.0. The predicted molar refractivity (Wildman–Crippen MR) is 99.4 cm³/mol. The Morgan fingerprint density at radius 3 is 2.58 bits per heavy atom. The van der Waals surface area contributed by atoms with Crippen molar-refractivity contribution in [3.63, 3.8) is 0 Å².